The lowest BCUT2D eigenvalue weighted by Gasteiger charge is -2.10. The largest absolute Gasteiger partial charge is 0.350 e. The van der Waals surface area contributed by atoms with Crippen molar-refractivity contribution in [1.82, 2.24) is 10.6 Å². The monoisotopic (exact) mass is 325 g/mol. The number of anilines is 1. The molecule has 0 saturated heterocycles. The number of rotatable bonds is 5. The fourth-order valence-corrected chi connectivity index (χ4v) is 2.11. The van der Waals surface area contributed by atoms with Crippen LogP contribution in [0.3, 0.4) is 0 Å². The minimum Gasteiger partial charge on any atom is -0.350 e. The fourth-order valence-electron chi connectivity index (χ4n) is 2.11. The lowest BCUT2D eigenvalue weighted by molar-refractivity contribution is 0.0943. The lowest BCUT2D eigenvalue weighted by atomic mass is 10.1. The normalized spacial score (nSPS) is 10.3. The Kier molecular flexibility index (Phi) is 5.95. The van der Waals surface area contributed by atoms with Gasteiger partial charge in [-0.25, -0.2) is 4.79 Å². The molecule has 0 aliphatic carbocycles. The molecule has 3 amide bonds. The average Bonchev–Trinajstić information content (AvgIpc) is 2.54. The van der Waals surface area contributed by atoms with Crippen LogP contribution < -0.4 is 16.0 Å². The number of urea groups is 1. The standard InChI is InChI=1S/C19H23N3O2/c1-13(2)21-18(23)16-8-10-17(11-9-16)22-19(24)20-12-15-6-4-14(3)5-7-15/h4-11,13H,12H2,1-3H3,(H,21,23)(H2,20,22,24). The molecule has 2 rings (SSSR count). The molecule has 0 saturated carbocycles. The van der Waals surface area contributed by atoms with E-state index in [9.17, 15) is 9.59 Å². The highest BCUT2D eigenvalue weighted by atomic mass is 16.2. The van der Waals surface area contributed by atoms with Crippen molar-refractivity contribution in [2.24, 2.45) is 0 Å². The number of carbonyl (C=O) groups is 2. The molecule has 0 spiro atoms. The van der Waals surface area contributed by atoms with Gasteiger partial charge >= 0.3 is 6.03 Å². The van der Waals surface area contributed by atoms with E-state index in [0.717, 1.165) is 5.56 Å². The van der Waals surface area contributed by atoms with Gasteiger partial charge in [-0.15, -0.1) is 0 Å². The number of aryl methyl sites for hydroxylation is 1. The van der Waals surface area contributed by atoms with Gasteiger partial charge in [0.25, 0.3) is 5.91 Å². The quantitative estimate of drug-likeness (QED) is 0.788. The van der Waals surface area contributed by atoms with Gasteiger partial charge in [0.2, 0.25) is 0 Å². The van der Waals surface area contributed by atoms with Gasteiger partial charge in [-0.1, -0.05) is 29.8 Å². The number of benzene rings is 2. The number of hydrogen-bond donors (Lipinski definition) is 3. The smallest absolute Gasteiger partial charge is 0.319 e. The first kappa shape index (κ1) is 17.5. The van der Waals surface area contributed by atoms with Crippen LogP contribution in [0.4, 0.5) is 10.5 Å². The van der Waals surface area contributed by atoms with E-state index in [1.807, 2.05) is 45.0 Å². The summed E-state index contributed by atoms with van der Waals surface area (Å²) in [5.74, 6) is -0.125. The van der Waals surface area contributed by atoms with Crippen molar-refractivity contribution in [3.8, 4) is 0 Å². The number of nitrogens with one attached hydrogen (secondary N) is 3. The maximum absolute atomic E-state index is 11.9. The van der Waals surface area contributed by atoms with E-state index >= 15 is 0 Å². The molecule has 0 atom stereocenters. The van der Waals surface area contributed by atoms with Crippen molar-refractivity contribution in [3.63, 3.8) is 0 Å². The maximum Gasteiger partial charge on any atom is 0.319 e. The first-order valence-corrected chi connectivity index (χ1v) is 7.95. The number of carbonyl (C=O) groups excluding carboxylic acids is 2. The average molecular weight is 325 g/mol. The van der Waals surface area contributed by atoms with Gasteiger partial charge in [0.05, 0.1) is 0 Å². The van der Waals surface area contributed by atoms with Crippen LogP contribution in [0.1, 0.15) is 35.3 Å². The van der Waals surface area contributed by atoms with Crippen molar-refractivity contribution in [2.45, 2.75) is 33.4 Å². The van der Waals surface area contributed by atoms with Gasteiger partial charge in [0.15, 0.2) is 0 Å². The zero-order chi connectivity index (χ0) is 17.5. The zero-order valence-electron chi connectivity index (χ0n) is 14.2. The fraction of sp³-hybridized carbons (Fsp3) is 0.263. The Morgan fingerprint density at radius 1 is 0.958 bits per heavy atom. The number of hydrogen-bond acceptors (Lipinski definition) is 2. The summed E-state index contributed by atoms with van der Waals surface area (Å²) < 4.78 is 0. The lowest BCUT2D eigenvalue weighted by Crippen LogP contribution is -2.30. The molecule has 0 radical (unpaired) electrons. The molecule has 0 heterocycles. The van der Waals surface area contributed by atoms with Crippen LogP contribution in [0.25, 0.3) is 0 Å². The second kappa shape index (κ2) is 8.15. The Morgan fingerprint density at radius 3 is 2.17 bits per heavy atom. The Labute approximate surface area is 142 Å². The second-order valence-corrected chi connectivity index (χ2v) is 6.00. The Balaban J connectivity index is 1.85. The summed E-state index contributed by atoms with van der Waals surface area (Å²) >= 11 is 0. The molecule has 0 aliphatic heterocycles. The summed E-state index contributed by atoms with van der Waals surface area (Å²) in [5.41, 5.74) is 3.42. The summed E-state index contributed by atoms with van der Waals surface area (Å²) in [5, 5.41) is 8.37. The first-order chi connectivity index (χ1) is 11.4. The van der Waals surface area contributed by atoms with Crippen molar-refractivity contribution >= 4 is 17.6 Å². The van der Waals surface area contributed by atoms with Gasteiger partial charge in [-0.3, -0.25) is 4.79 Å². The molecule has 0 aromatic heterocycles. The molecule has 0 bridgehead atoms. The van der Waals surface area contributed by atoms with E-state index in [2.05, 4.69) is 16.0 Å². The SMILES string of the molecule is Cc1ccc(CNC(=O)Nc2ccc(C(=O)NC(C)C)cc2)cc1. The Hall–Kier alpha value is -2.82. The van der Waals surface area contributed by atoms with Crippen molar-refractivity contribution in [3.05, 3.63) is 65.2 Å². The first-order valence-electron chi connectivity index (χ1n) is 7.95. The van der Waals surface area contributed by atoms with E-state index in [0.29, 0.717) is 17.8 Å². The molecule has 2 aromatic carbocycles. The third-order valence-corrected chi connectivity index (χ3v) is 3.40. The van der Waals surface area contributed by atoms with Gasteiger partial charge in [0.1, 0.15) is 0 Å². The molecular formula is C19H23N3O2. The summed E-state index contributed by atoms with van der Waals surface area (Å²) in [6.07, 6.45) is 0. The van der Waals surface area contributed by atoms with E-state index in [1.165, 1.54) is 5.56 Å². The van der Waals surface area contributed by atoms with Crippen LogP contribution in [0.15, 0.2) is 48.5 Å². The highest BCUT2D eigenvalue weighted by molar-refractivity contribution is 5.95. The second-order valence-electron chi connectivity index (χ2n) is 6.00. The molecule has 126 valence electrons. The molecule has 2 aromatic rings. The van der Waals surface area contributed by atoms with E-state index in [1.54, 1.807) is 24.3 Å². The van der Waals surface area contributed by atoms with Gasteiger partial charge in [-0.05, 0) is 50.6 Å². The summed E-state index contributed by atoms with van der Waals surface area (Å²) in [7, 11) is 0. The third kappa shape index (κ3) is 5.43. The van der Waals surface area contributed by atoms with Crippen LogP contribution in [0, 0.1) is 6.92 Å². The van der Waals surface area contributed by atoms with Crippen LogP contribution in [-0.4, -0.2) is 18.0 Å². The summed E-state index contributed by atoms with van der Waals surface area (Å²) in [4.78, 5) is 23.8. The number of amides is 3. The van der Waals surface area contributed by atoms with Crippen LogP contribution >= 0.6 is 0 Å². The minimum atomic E-state index is -0.282. The van der Waals surface area contributed by atoms with Gasteiger partial charge in [0, 0.05) is 23.8 Å². The summed E-state index contributed by atoms with van der Waals surface area (Å²) in [6, 6.07) is 14.6. The van der Waals surface area contributed by atoms with E-state index in [4.69, 9.17) is 0 Å². The van der Waals surface area contributed by atoms with Crippen molar-refractivity contribution in [2.75, 3.05) is 5.32 Å². The van der Waals surface area contributed by atoms with Crippen LogP contribution in [0.5, 0.6) is 0 Å². The van der Waals surface area contributed by atoms with E-state index in [-0.39, 0.29) is 18.0 Å². The van der Waals surface area contributed by atoms with Crippen LogP contribution in [0.2, 0.25) is 0 Å². The zero-order valence-corrected chi connectivity index (χ0v) is 14.2. The molecule has 5 nitrogen and oxygen atoms in total. The topological polar surface area (TPSA) is 70.2 Å². The van der Waals surface area contributed by atoms with Gasteiger partial charge < -0.3 is 16.0 Å². The molecular weight excluding hydrogens is 302 g/mol. The van der Waals surface area contributed by atoms with Crippen molar-refractivity contribution in [1.29, 1.82) is 0 Å². The predicted molar refractivity (Wildman–Crippen MR) is 96.1 cm³/mol. The third-order valence-electron chi connectivity index (χ3n) is 3.40. The highest BCUT2D eigenvalue weighted by Crippen LogP contribution is 2.10. The molecule has 0 fully saturated rings. The molecule has 5 heteroatoms. The molecule has 24 heavy (non-hydrogen) atoms. The molecule has 0 aliphatic rings. The Bertz CT molecular complexity index is 692. The minimum absolute atomic E-state index is 0.0860. The van der Waals surface area contributed by atoms with E-state index < -0.39 is 0 Å². The summed E-state index contributed by atoms with van der Waals surface area (Å²) in [6.45, 7) is 6.30. The van der Waals surface area contributed by atoms with Gasteiger partial charge in [-0.2, -0.15) is 0 Å². The van der Waals surface area contributed by atoms with Crippen LogP contribution in [-0.2, 0) is 6.54 Å². The highest BCUT2D eigenvalue weighted by Gasteiger charge is 2.07. The Morgan fingerprint density at radius 2 is 1.58 bits per heavy atom. The molecule has 0 unspecified atom stereocenters. The van der Waals surface area contributed by atoms with Crippen molar-refractivity contribution < 1.29 is 9.59 Å². The molecule has 3 N–H and O–H groups in total. The predicted octanol–water partition coefficient (Wildman–Crippen LogP) is 3.45. The maximum atomic E-state index is 11.9.